The first kappa shape index (κ1) is 45.5. The van der Waals surface area contributed by atoms with Gasteiger partial charge in [-0.05, 0) is 111 Å². The Morgan fingerprint density at radius 1 is 0.739 bits per heavy atom. The van der Waals surface area contributed by atoms with Crippen LogP contribution in [0.3, 0.4) is 0 Å². The van der Waals surface area contributed by atoms with E-state index in [4.69, 9.17) is 20.3 Å². The maximum Gasteiger partial charge on any atom is 0.262 e. The van der Waals surface area contributed by atoms with Gasteiger partial charge in [0, 0.05) is 61.7 Å². The number of piperazine rings is 1. The predicted octanol–water partition coefficient (Wildman–Crippen LogP) is 6.28. The number of ether oxygens (including phenoxy) is 2. The normalized spacial score (nSPS) is 20.1. The van der Waals surface area contributed by atoms with Crippen LogP contribution in [-0.2, 0) is 14.4 Å². The van der Waals surface area contributed by atoms with E-state index >= 15 is 0 Å². The zero-order chi connectivity index (χ0) is 47.4. The van der Waals surface area contributed by atoms with E-state index < -0.39 is 29.7 Å². The summed E-state index contributed by atoms with van der Waals surface area (Å²) >= 11 is 0. The first-order valence-corrected chi connectivity index (χ1v) is 24.1. The highest BCUT2D eigenvalue weighted by atomic mass is 16.5. The number of nitrogens with zero attached hydrogens (tertiary/aromatic N) is 7. The fourth-order valence-electron chi connectivity index (χ4n) is 10.4. The third kappa shape index (κ3) is 9.74. The number of piperidine rings is 1. The van der Waals surface area contributed by atoms with E-state index in [1.54, 1.807) is 24.3 Å². The highest BCUT2D eigenvalue weighted by Crippen LogP contribution is 2.39. The SMILES string of the molecule is Nc1ncnc2c1c(-c1ccc(Oc3ccccc3)cc1)nn2[C@H]1CC[C@H](N2CCN(CCCCCCNC(=O)COc3cc4c5c(cccc5c3)C(=O)N(C3CCC(=O)NC3=O)C4=O)CC2)CC1. The summed E-state index contributed by atoms with van der Waals surface area (Å²) < 4.78 is 13.9. The van der Waals surface area contributed by atoms with Gasteiger partial charge >= 0.3 is 0 Å². The summed E-state index contributed by atoms with van der Waals surface area (Å²) in [6.07, 6.45) is 9.93. The van der Waals surface area contributed by atoms with Crippen molar-refractivity contribution >= 4 is 57.2 Å². The van der Waals surface area contributed by atoms with E-state index in [-0.39, 0.29) is 42.5 Å². The lowest BCUT2D eigenvalue weighted by molar-refractivity contribution is -0.136. The Hall–Kier alpha value is -7.24. The van der Waals surface area contributed by atoms with Gasteiger partial charge < -0.3 is 25.4 Å². The molecule has 1 atom stereocenters. The minimum atomic E-state index is -1.09. The van der Waals surface area contributed by atoms with Crippen molar-refractivity contribution in [2.45, 2.75) is 82.3 Å². The van der Waals surface area contributed by atoms with E-state index in [0.717, 1.165) is 123 Å². The summed E-state index contributed by atoms with van der Waals surface area (Å²) in [7, 11) is 0. The van der Waals surface area contributed by atoms with Crippen LogP contribution in [0.25, 0.3) is 33.1 Å². The summed E-state index contributed by atoms with van der Waals surface area (Å²) in [4.78, 5) is 79.4. The Morgan fingerprint density at radius 3 is 2.26 bits per heavy atom. The third-order valence-corrected chi connectivity index (χ3v) is 14.0. The molecule has 4 aliphatic rings. The fraction of sp³-hybridized carbons (Fsp3) is 0.385. The van der Waals surface area contributed by atoms with Crippen LogP contribution in [0.5, 0.6) is 17.2 Å². The lowest BCUT2D eigenvalue weighted by Gasteiger charge is -2.42. The molecule has 2 aromatic heterocycles. The number of anilines is 1. The van der Waals surface area contributed by atoms with Crippen LogP contribution >= 0.6 is 0 Å². The minimum absolute atomic E-state index is 0.0266. The number of rotatable bonds is 16. The molecule has 2 saturated heterocycles. The number of aromatic nitrogens is 4. The molecule has 4 N–H and O–H groups in total. The molecule has 1 unspecified atom stereocenters. The molecule has 3 fully saturated rings. The number of fused-ring (bicyclic) bond motifs is 1. The van der Waals surface area contributed by atoms with Gasteiger partial charge in [-0.25, -0.2) is 14.6 Å². The molecule has 6 aromatic rings. The van der Waals surface area contributed by atoms with E-state index in [9.17, 15) is 24.0 Å². The first-order chi connectivity index (χ1) is 33.7. The smallest absolute Gasteiger partial charge is 0.262 e. The number of nitrogens with two attached hydrogens (primary N) is 1. The second-order valence-corrected chi connectivity index (χ2v) is 18.4. The molecular weight excluding hydrogens is 877 g/mol. The number of nitrogens with one attached hydrogen (secondary N) is 2. The topological polar surface area (TPSA) is 207 Å². The lowest BCUT2D eigenvalue weighted by atomic mass is 9.90. The van der Waals surface area contributed by atoms with Crippen LogP contribution < -0.4 is 25.8 Å². The van der Waals surface area contributed by atoms with Gasteiger partial charge in [0.05, 0.1) is 17.0 Å². The van der Waals surface area contributed by atoms with Crippen LogP contribution in [0, 0.1) is 0 Å². The summed E-state index contributed by atoms with van der Waals surface area (Å²) in [5, 5.41) is 12.2. The minimum Gasteiger partial charge on any atom is -0.484 e. The number of amides is 5. The van der Waals surface area contributed by atoms with Gasteiger partial charge in [-0.3, -0.25) is 39.1 Å². The molecular formula is C52H56N10O7. The summed E-state index contributed by atoms with van der Waals surface area (Å²) in [6.45, 7) is 5.65. The monoisotopic (exact) mass is 932 g/mol. The molecule has 5 heterocycles. The third-order valence-electron chi connectivity index (χ3n) is 14.0. The molecule has 1 aliphatic carbocycles. The lowest BCUT2D eigenvalue weighted by Crippen LogP contribution is -2.57. The molecule has 3 aliphatic heterocycles. The van der Waals surface area contributed by atoms with Crippen LogP contribution in [0.1, 0.15) is 91.0 Å². The molecule has 356 valence electrons. The standard InChI is InChI=1S/C52H56N10O7/c53-48-46-47(33-13-19-38(20-14-33)69-37-10-4-3-5-11-37)58-62(49(46)56-32-55-48)36-17-15-35(16-18-36)60-27-25-59(26-28-60)24-7-2-1-6-23-54-44(64)31-68-39-29-34-9-8-12-40-45(34)41(30-39)52(67)61(51(40)66)42-21-22-43(63)57-50(42)65/h3-5,8-14,19-20,29-30,32,35-36,42H,1-2,6-7,15-18,21-28,31H2,(H,54,64)(H2,53,55,56)(H,57,63,65)/t35-,36-,42?. The summed E-state index contributed by atoms with van der Waals surface area (Å²) in [5.41, 5.74) is 9.46. The van der Waals surface area contributed by atoms with Crippen molar-refractivity contribution < 1.29 is 33.4 Å². The first-order valence-electron chi connectivity index (χ1n) is 24.1. The number of nitrogen functional groups attached to an aromatic ring is 1. The maximum atomic E-state index is 13.7. The van der Waals surface area contributed by atoms with Gasteiger partial charge in [0.15, 0.2) is 12.3 Å². The quantitative estimate of drug-likeness (QED) is 0.0723. The molecule has 0 bridgehead atoms. The van der Waals surface area contributed by atoms with Crippen molar-refractivity contribution in [1.82, 2.24) is 45.1 Å². The van der Waals surface area contributed by atoms with E-state index in [1.807, 2.05) is 54.6 Å². The molecule has 5 amide bonds. The number of para-hydroxylation sites is 1. The Balaban J connectivity index is 0.629. The maximum absolute atomic E-state index is 13.7. The number of unbranched alkanes of at least 4 members (excludes halogenated alkanes) is 3. The Morgan fingerprint density at radius 2 is 1.48 bits per heavy atom. The molecule has 1 saturated carbocycles. The van der Waals surface area contributed by atoms with Crippen LogP contribution in [0.4, 0.5) is 5.82 Å². The second kappa shape index (κ2) is 20.2. The van der Waals surface area contributed by atoms with E-state index in [2.05, 4.69) is 35.1 Å². The van der Waals surface area contributed by atoms with Crippen LogP contribution in [0.15, 0.2) is 91.3 Å². The van der Waals surface area contributed by atoms with E-state index in [0.29, 0.717) is 34.9 Å². The molecule has 17 heteroatoms. The molecule has 69 heavy (non-hydrogen) atoms. The Labute approximate surface area is 399 Å². The van der Waals surface area contributed by atoms with Crippen molar-refractivity contribution in [2.75, 3.05) is 51.6 Å². The van der Waals surface area contributed by atoms with Crippen LogP contribution in [0.2, 0.25) is 0 Å². The van der Waals surface area contributed by atoms with Crippen molar-refractivity contribution in [1.29, 1.82) is 0 Å². The Bertz CT molecular complexity index is 2890. The molecule has 0 radical (unpaired) electrons. The fourth-order valence-corrected chi connectivity index (χ4v) is 10.4. The summed E-state index contributed by atoms with van der Waals surface area (Å²) in [6, 6.07) is 25.6. The average Bonchev–Trinajstić information content (AvgIpc) is 3.77. The molecule has 4 aromatic carbocycles. The highest BCUT2D eigenvalue weighted by molar-refractivity contribution is 6.27. The predicted molar refractivity (Wildman–Crippen MR) is 259 cm³/mol. The van der Waals surface area contributed by atoms with Gasteiger partial charge in [0.25, 0.3) is 17.7 Å². The number of benzene rings is 4. The molecule has 17 nitrogen and oxygen atoms in total. The van der Waals surface area contributed by atoms with Crippen molar-refractivity contribution in [2.24, 2.45) is 0 Å². The highest BCUT2D eigenvalue weighted by Gasteiger charge is 2.43. The molecule has 0 spiro atoms. The zero-order valence-electron chi connectivity index (χ0n) is 38.5. The Kier molecular flexibility index (Phi) is 13.3. The second-order valence-electron chi connectivity index (χ2n) is 18.4. The van der Waals surface area contributed by atoms with Gasteiger partial charge in [0.1, 0.15) is 41.1 Å². The van der Waals surface area contributed by atoms with Crippen molar-refractivity contribution in [3.63, 3.8) is 0 Å². The number of imide groups is 2. The van der Waals surface area contributed by atoms with Crippen LogP contribution in [-0.4, -0.2) is 122 Å². The van der Waals surface area contributed by atoms with Gasteiger partial charge in [-0.1, -0.05) is 43.2 Å². The van der Waals surface area contributed by atoms with Crippen molar-refractivity contribution in [3.05, 3.63) is 102 Å². The van der Waals surface area contributed by atoms with E-state index in [1.165, 1.54) is 12.4 Å². The number of hydrogen-bond acceptors (Lipinski definition) is 13. The number of hydrogen-bond donors (Lipinski definition) is 3. The number of carbonyl (C=O) groups is 5. The summed E-state index contributed by atoms with van der Waals surface area (Å²) in [5.74, 6) is -0.356. The zero-order valence-corrected chi connectivity index (χ0v) is 38.5. The number of carbonyl (C=O) groups excluding carboxylic acids is 5. The van der Waals surface area contributed by atoms with Gasteiger partial charge in [-0.15, -0.1) is 0 Å². The van der Waals surface area contributed by atoms with Gasteiger partial charge in [0.2, 0.25) is 11.8 Å². The van der Waals surface area contributed by atoms with Crippen molar-refractivity contribution in [3.8, 4) is 28.5 Å². The average molecular weight is 933 g/mol. The van der Waals surface area contributed by atoms with Gasteiger partial charge in [-0.2, -0.15) is 5.10 Å². The largest absolute Gasteiger partial charge is 0.484 e. The molecule has 10 rings (SSSR count).